The number of hydrogen-bond acceptors (Lipinski definition) is 6. The second-order valence-electron chi connectivity index (χ2n) is 5.61. The molecule has 0 saturated heterocycles. The fraction of sp³-hybridized carbons (Fsp3) is 0.0556. The third-order valence-electron chi connectivity index (χ3n) is 3.86. The zero-order valence-corrected chi connectivity index (χ0v) is 13.8. The predicted octanol–water partition coefficient (Wildman–Crippen LogP) is 2.94. The third kappa shape index (κ3) is 2.84. The summed E-state index contributed by atoms with van der Waals surface area (Å²) in [5.74, 6) is 0.0488. The molecule has 1 aromatic carbocycles. The molecule has 0 fully saturated rings. The van der Waals surface area contributed by atoms with E-state index in [2.05, 4.69) is 25.3 Å². The van der Waals surface area contributed by atoms with Crippen LogP contribution < -0.4 is 5.32 Å². The molecule has 128 valence electrons. The maximum atomic E-state index is 10.9. The minimum absolute atomic E-state index is 0.221. The van der Waals surface area contributed by atoms with Gasteiger partial charge < -0.3 is 10.4 Å². The molecular formula is C18H14N6O2. The van der Waals surface area contributed by atoms with E-state index < -0.39 is 5.97 Å². The highest BCUT2D eigenvalue weighted by atomic mass is 16.4. The Labute approximate surface area is 148 Å². The van der Waals surface area contributed by atoms with E-state index in [9.17, 15) is 4.79 Å². The van der Waals surface area contributed by atoms with Crippen LogP contribution in [-0.4, -0.2) is 35.4 Å². The van der Waals surface area contributed by atoms with Crippen molar-refractivity contribution in [1.29, 1.82) is 0 Å². The highest BCUT2D eigenvalue weighted by molar-refractivity contribution is 5.88. The van der Waals surface area contributed by atoms with E-state index in [0.717, 1.165) is 11.4 Å². The van der Waals surface area contributed by atoms with Crippen molar-refractivity contribution in [3.63, 3.8) is 0 Å². The van der Waals surface area contributed by atoms with Gasteiger partial charge in [0.05, 0.1) is 22.6 Å². The van der Waals surface area contributed by atoms with Gasteiger partial charge in [0.15, 0.2) is 0 Å². The van der Waals surface area contributed by atoms with E-state index >= 15 is 0 Å². The number of aryl methyl sites for hydroxylation is 1. The topological polar surface area (TPSA) is 105 Å². The molecule has 2 N–H and O–H groups in total. The Balaban J connectivity index is 1.68. The second kappa shape index (κ2) is 6.25. The van der Waals surface area contributed by atoms with Gasteiger partial charge in [-0.15, -0.1) is 0 Å². The van der Waals surface area contributed by atoms with Crippen molar-refractivity contribution in [2.75, 3.05) is 5.32 Å². The van der Waals surface area contributed by atoms with E-state index in [4.69, 9.17) is 5.11 Å². The molecule has 0 unspecified atom stereocenters. The molecule has 4 aromatic rings. The summed E-state index contributed by atoms with van der Waals surface area (Å²) in [4.78, 5) is 28.4. The van der Waals surface area contributed by atoms with Crippen molar-refractivity contribution < 1.29 is 9.90 Å². The second-order valence-corrected chi connectivity index (χ2v) is 5.61. The number of aromatic nitrogens is 5. The number of carboxylic acids is 1. The number of fused-ring (bicyclic) bond motifs is 1. The van der Waals surface area contributed by atoms with Crippen LogP contribution in [0.15, 0.2) is 55.0 Å². The standard InChI is InChI=1S/C18H14N6O2/c1-11-15(24-10-2-8-20-18(24)21-11)14-7-9-19-17(23-14)22-13-5-3-12(4-6-13)16(25)26/h2-10H,1H3,(H,25,26)(H,19,22,23). The lowest BCUT2D eigenvalue weighted by atomic mass is 10.2. The maximum Gasteiger partial charge on any atom is 0.335 e. The van der Waals surface area contributed by atoms with Crippen molar-refractivity contribution in [1.82, 2.24) is 24.3 Å². The lowest BCUT2D eigenvalue weighted by Gasteiger charge is -2.07. The maximum absolute atomic E-state index is 10.9. The molecule has 0 aliphatic rings. The van der Waals surface area contributed by atoms with E-state index in [1.807, 2.05) is 29.7 Å². The quantitative estimate of drug-likeness (QED) is 0.585. The number of hydrogen-bond donors (Lipinski definition) is 2. The number of rotatable bonds is 4. The summed E-state index contributed by atoms with van der Waals surface area (Å²) >= 11 is 0. The fourth-order valence-electron chi connectivity index (χ4n) is 2.68. The van der Waals surface area contributed by atoms with Crippen molar-refractivity contribution in [2.24, 2.45) is 0 Å². The Hall–Kier alpha value is -3.81. The summed E-state index contributed by atoms with van der Waals surface area (Å²) in [6, 6.07) is 10.0. The minimum atomic E-state index is -0.966. The van der Waals surface area contributed by atoms with Crippen LogP contribution in [0.2, 0.25) is 0 Å². The smallest absolute Gasteiger partial charge is 0.335 e. The van der Waals surface area contributed by atoms with Crippen molar-refractivity contribution in [3.8, 4) is 11.4 Å². The predicted molar refractivity (Wildman–Crippen MR) is 95.4 cm³/mol. The van der Waals surface area contributed by atoms with Crippen LogP contribution in [0.25, 0.3) is 17.2 Å². The van der Waals surface area contributed by atoms with Gasteiger partial charge in [-0.3, -0.25) is 4.40 Å². The van der Waals surface area contributed by atoms with Crippen molar-refractivity contribution >= 4 is 23.4 Å². The molecule has 0 saturated carbocycles. The van der Waals surface area contributed by atoms with Crippen LogP contribution in [0.5, 0.6) is 0 Å². The zero-order chi connectivity index (χ0) is 18.1. The Morgan fingerprint density at radius 3 is 2.65 bits per heavy atom. The molecule has 3 aromatic heterocycles. The van der Waals surface area contributed by atoms with Gasteiger partial charge in [-0.05, 0) is 43.3 Å². The molecule has 0 amide bonds. The van der Waals surface area contributed by atoms with Crippen molar-refractivity contribution in [3.05, 3.63) is 66.2 Å². The molecule has 0 atom stereocenters. The Morgan fingerprint density at radius 1 is 1.08 bits per heavy atom. The Kier molecular flexibility index (Phi) is 3.77. The number of carbonyl (C=O) groups is 1. The van der Waals surface area contributed by atoms with Gasteiger partial charge in [-0.1, -0.05) is 0 Å². The SMILES string of the molecule is Cc1nc2ncccn2c1-c1ccnc(Nc2ccc(C(=O)O)cc2)n1. The molecule has 8 heteroatoms. The number of imidazole rings is 1. The lowest BCUT2D eigenvalue weighted by molar-refractivity contribution is 0.0697. The van der Waals surface area contributed by atoms with E-state index in [-0.39, 0.29) is 5.56 Å². The first kappa shape index (κ1) is 15.7. The zero-order valence-electron chi connectivity index (χ0n) is 13.8. The number of aromatic carboxylic acids is 1. The van der Waals surface area contributed by atoms with Gasteiger partial charge in [-0.2, -0.15) is 0 Å². The van der Waals surface area contributed by atoms with Gasteiger partial charge >= 0.3 is 5.97 Å². The highest BCUT2D eigenvalue weighted by Gasteiger charge is 2.13. The van der Waals surface area contributed by atoms with Crippen LogP contribution >= 0.6 is 0 Å². The molecule has 0 spiro atoms. The van der Waals surface area contributed by atoms with Crippen LogP contribution in [0.1, 0.15) is 16.1 Å². The lowest BCUT2D eigenvalue weighted by Crippen LogP contribution is -2.01. The van der Waals surface area contributed by atoms with Gasteiger partial charge in [-0.25, -0.2) is 24.7 Å². The summed E-state index contributed by atoms with van der Waals surface area (Å²) in [6.07, 6.45) is 5.24. The molecule has 3 heterocycles. The highest BCUT2D eigenvalue weighted by Crippen LogP contribution is 2.23. The average molecular weight is 346 g/mol. The van der Waals surface area contributed by atoms with Gasteiger partial charge in [0.2, 0.25) is 11.7 Å². The first-order valence-electron chi connectivity index (χ1n) is 7.85. The molecule has 4 rings (SSSR count). The van der Waals surface area contributed by atoms with E-state index in [1.54, 1.807) is 24.5 Å². The summed E-state index contributed by atoms with van der Waals surface area (Å²) in [5, 5.41) is 12.0. The van der Waals surface area contributed by atoms with E-state index in [0.29, 0.717) is 23.1 Å². The molecule has 0 radical (unpaired) electrons. The van der Waals surface area contributed by atoms with Gasteiger partial charge in [0, 0.05) is 24.3 Å². The number of nitrogens with zero attached hydrogens (tertiary/aromatic N) is 5. The summed E-state index contributed by atoms with van der Waals surface area (Å²) in [7, 11) is 0. The van der Waals surface area contributed by atoms with Crippen LogP contribution in [0.4, 0.5) is 11.6 Å². The fourth-order valence-corrected chi connectivity index (χ4v) is 2.68. The summed E-state index contributed by atoms with van der Waals surface area (Å²) < 4.78 is 1.88. The van der Waals surface area contributed by atoms with Crippen LogP contribution in [0.3, 0.4) is 0 Å². The van der Waals surface area contributed by atoms with Crippen LogP contribution in [0, 0.1) is 6.92 Å². The molecule has 0 bridgehead atoms. The van der Waals surface area contributed by atoms with Crippen LogP contribution in [-0.2, 0) is 0 Å². The summed E-state index contributed by atoms with van der Waals surface area (Å²) in [5.41, 5.74) is 3.30. The summed E-state index contributed by atoms with van der Waals surface area (Å²) in [6.45, 7) is 1.91. The van der Waals surface area contributed by atoms with Gasteiger partial charge in [0.25, 0.3) is 0 Å². The molecule has 26 heavy (non-hydrogen) atoms. The van der Waals surface area contributed by atoms with Gasteiger partial charge in [0.1, 0.15) is 0 Å². The third-order valence-corrected chi connectivity index (χ3v) is 3.86. The molecule has 8 nitrogen and oxygen atoms in total. The van der Waals surface area contributed by atoms with E-state index in [1.165, 1.54) is 12.1 Å². The monoisotopic (exact) mass is 346 g/mol. The number of nitrogens with one attached hydrogen (secondary N) is 1. The number of benzene rings is 1. The minimum Gasteiger partial charge on any atom is -0.478 e. The Bertz CT molecular complexity index is 1100. The first-order valence-corrected chi connectivity index (χ1v) is 7.85. The average Bonchev–Trinajstić information content (AvgIpc) is 2.98. The largest absolute Gasteiger partial charge is 0.478 e. The molecule has 0 aliphatic carbocycles. The Morgan fingerprint density at radius 2 is 1.88 bits per heavy atom. The molecule has 0 aliphatic heterocycles. The number of anilines is 2. The first-order chi connectivity index (χ1) is 12.6. The van der Waals surface area contributed by atoms with Crippen molar-refractivity contribution in [2.45, 2.75) is 6.92 Å². The normalized spacial score (nSPS) is 10.8. The molecular weight excluding hydrogens is 332 g/mol. The number of carboxylic acid groups (broad SMARTS) is 1.